The van der Waals surface area contributed by atoms with E-state index in [0.717, 1.165) is 35.0 Å². The summed E-state index contributed by atoms with van der Waals surface area (Å²) >= 11 is 1.74. The normalized spacial score (nSPS) is 10.0. The third-order valence-electron chi connectivity index (χ3n) is 3.11. The number of anilines is 1. The van der Waals surface area contributed by atoms with Gasteiger partial charge in [0.1, 0.15) is 0 Å². The van der Waals surface area contributed by atoms with E-state index in [1.807, 2.05) is 29.8 Å². The molecular weight excluding hydrogens is 438 g/mol. The molecule has 0 saturated carbocycles. The van der Waals surface area contributed by atoms with Gasteiger partial charge in [0.2, 0.25) is 10.0 Å². The molecule has 3 rings (SSSR count). The molecule has 0 aliphatic carbocycles. The van der Waals surface area contributed by atoms with Crippen LogP contribution in [-0.2, 0) is 10.0 Å². The number of carbonyl (C=O) groups excluding carboxylic acids is 2. The molecule has 0 radical (unpaired) electrons. The predicted octanol–water partition coefficient (Wildman–Crippen LogP) is -5.60. The summed E-state index contributed by atoms with van der Waals surface area (Å²) in [5.41, 5.74) is 0.00843. The first-order valence-corrected chi connectivity index (χ1v) is 10.1. The molecule has 0 aliphatic heterocycles. The standard InChI is InChI=1S/C9H9NO6S.C8H7NS.2Na/c1-17(15,16)10-7-3-5(8(11)12)2-6(4-7)9(13)14;1-6-9-7-4-2-3-5-8(7)10-6;;/h2-4,10H,1H3,(H,11,12)(H,13,14);2-5H,1H3;;/q;;2*+1/p-2. The molecule has 1 heterocycles. The van der Waals surface area contributed by atoms with Crippen molar-refractivity contribution in [3.05, 3.63) is 58.6 Å². The van der Waals surface area contributed by atoms with E-state index in [4.69, 9.17) is 0 Å². The first-order chi connectivity index (χ1) is 12.5. The van der Waals surface area contributed by atoms with Crippen molar-refractivity contribution < 1.29 is 87.3 Å². The molecule has 29 heavy (non-hydrogen) atoms. The smallest absolute Gasteiger partial charge is 0.545 e. The molecule has 0 saturated heterocycles. The summed E-state index contributed by atoms with van der Waals surface area (Å²) in [5, 5.41) is 22.3. The maximum absolute atomic E-state index is 10.9. The van der Waals surface area contributed by atoms with Crippen LogP contribution in [0.5, 0.6) is 0 Å². The first kappa shape index (κ1) is 28.0. The van der Waals surface area contributed by atoms with Crippen molar-refractivity contribution in [3.8, 4) is 0 Å². The summed E-state index contributed by atoms with van der Waals surface area (Å²) in [7, 11) is -3.64. The number of aryl methyl sites for hydroxylation is 1. The summed E-state index contributed by atoms with van der Waals surface area (Å²) in [6.07, 6.45) is 0.845. The molecule has 0 fully saturated rings. The van der Waals surface area contributed by atoms with Gasteiger partial charge in [0.15, 0.2) is 0 Å². The predicted molar refractivity (Wildman–Crippen MR) is 97.9 cm³/mol. The van der Waals surface area contributed by atoms with E-state index >= 15 is 0 Å². The van der Waals surface area contributed by atoms with Crippen molar-refractivity contribution in [2.75, 3.05) is 11.0 Å². The number of carbonyl (C=O) groups is 2. The van der Waals surface area contributed by atoms with Crippen LogP contribution in [0.25, 0.3) is 10.2 Å². The summed E-state index contributed by atoms with van der Waals surface area (Å²) in [5.74, 6) is -3.24. The number of aromatic carboxylic acids is 2. The molecule has 142 valence electrons. The molecule has 8 nitrogen and oxygen atoms in total. The van der Waals surface area contributed by atoms with Crippen molar-refractivity contribution in [1.82, 2.24) is 4.98 Å². The third-order valence-corrected chi connectivity index (χ3v) is 4.67. The quantitative estimate of drug-likeness (QED) is 0.390. The number of carboxylic acid groups (broad SMARTS) is 2. The second-order valence-corrected chi connectivity index (χ2v) is 8.43. The van der Waals surface area contributed by atoms with Gasteiger partial charge >= 0.3 is 59.1 Å². The molecule has 1 aromatic heterocycles. The van der Waals surface area contributed by atoms with Gasteiger partial charge in [-0.1, -0.05) is 12.1 Å². The number of benzene rings is 2. The Morgan fingerprint density at radius 3 is 1.97 bits per heavy atom. The largest absolute Gasteiger partial charge is 1.00 e. The monoisotopic (exact) mass is 452 g/mol. The minimum atomic E-state index is -3.64. The van der Waals surface area contributed by atoms with Crippen molar-refractivity contribution in [2.24, 2.45) is 0 Å². The number of aromatic nitrogens is 1. The average molecular weight is 452 g/mol. The third kappa shape index (κ3) is 9.14. The number of hydrogen-bond donors (Lipinski definition) is 1. The second kappa shape index (κ2) is 12.0. The van der Waals surface area contributed by atoms with Crippen LogP contribution in [-0.4, -0.2) is 31.6 Å². The van der Waals surface area contributed by atoms with Gasteiger partial charge < -0.3 is 19.8 Å². The van der Waals surface area contributed by atoms with Crippen LogP contribution < -0.4 is 74.0 Å². The number of para-hydroxylation sites is 1. The van der Waals surface area contributed by atoms with Crippen LogP contribution in [0, 0.1) is 6.92 Å². The van der Waals surface area contributed by atoms with Gasteiger partial charge in [-0.2, -0.15) is 0 Å². The zero-order chi connectivity index (χ0) is 20.2. The molecule has 3 aromatic rings. The topological polar surface area (TPSA) is 139 Å². The van der Waals surface area contributed by atoms with Gasteiger partial charge in [-0.05, 0) is 48.4 Å². The van der Waals surface area contributed by atoms with Crippen LogP contribution in [0.15, 0.2) is 42.5 Å². The number of fused-ring (bicyclic) bond motifs is 1. The maximum Gasteiger partial charge on any atom is 1.00 e. The fraction of sp³-hybridized carbons (Fsp3) is 0.118. The minimum Gasteiger partial charge on any atom is -0.545 e. The Labute approximate surface area is 216 Å². The Balaban J connectivity index is 0.000000559. The maximum atomic E-state index is 10.9. The zero-order valence-corrected chi connectivity index (χ0v) is 21.9. The number of nitrogens with zero attached hydrogens (tertiary/aromatic N) is 1. The van der Waals surface area contributed by atoms with Crippen LogP contribution in [0.3, 0.4) is 0 Å². The van der Waals surface area contributed by atoms with E-state index in [-0.39, 0.29) is 64.8 Å². The van der Waals surface area contributed by atoms with Crippen LogP contribution in [0.4, 0.5) is 5.69 Å². The van der Waals surface area contributed by atoms with E-state index < -0.39 is 33.1 Å². The Bertz CT molecular complexity index is 1050. The molecule has 1 N–H and O–H groups in total. The fourth-order valence-electron chi connectivity index (χ4n) is 2.12. The number of rotatable bonds is 4. The molecule has 0 spiro atoms. The van der Waals surface area contributed by atoms with Gasteiger partial charge in [-0.25, -0.2) is 13.4 Å². The number of sulfonamides is 1. The number of nitrogens with one attached hydrogen (secondary N) is 1. The zero-order valence-electron chi connectivity index (χ0n) is 16.3. The first-order valence-electron chi connectivity index (χ1n) is 7.43. The molecule has 2 aromatic carbocycles. The van der Waals surface area contributed by atoms with Crippen LogP contribution in [0.1, 0.15) is 25.7 Å². The summed E-state index contributed by atoms with van der Waals surface area (Å²) in [4.78, 5) is 25.5. The van der Waals surface area contributed by atoms with Crippen molar-refractivity contribution in [3.63, 3.8) is 0 Å². The number of thiazole rings is 1. The van der Waals surface area contributed by atoms with Gasteiger partial charge in [0.05, 0.1) is 33.4 Å². The van der Waals surface area contributed by atoms with Gasteiger partial charge in [-0.15, -0.1) is 11.3 Å². The van der Waals surface area contributed by atoms with Gasteiger partial charge in [0.25, 0.3) is 0 Å². The second-order valence-electron chi connectivity index (χ2n) is 5.45. The summed E-state index contributed by atoms with van der Waals surface area (Å²) in [6, 6.07) is 10.9. The fourth-order valence-corrected chi connectivity index (χ4v) is 3.50. The van der Waals surface area contributed by atoms with Crippen LogP contribution >= 0.6 is 11.3 Å². The van der Waals surface area contributed by atoms with Crippen molar-refractivity contribution >= 4 is 49.2 Å². The Morgan fingerprint density at radius 1 is 1.00 bits per heavy atom. The van der Waals surface area contributed by atoms with Crippen LogP contribution in [0.2, 0.25) is 0 Å². The van der Waals surface area contributed by atoms with E-state index in [0.29, 0.717) is 0 Å². The van der Waals surface area contributed by atoms with Gasteiger partial charge in [-0.3, -0.25) is 4.72 Å². The van der Waals surface area contributed by atoms with E-state index in [2.05, 4.69) is 11.1 Å². The summed E-state index contributed by atoms with van der Waals surface area (Å²) in [6.45, 7) is 2.03. The van der Waals surface area contributed by atoms with E-state index in [1.54, 1.807) is 11.3 Å². The minimum absolute atomic E-state index is 0. The Kier molecular flexibility index (Phi) is 11.6. The molecule has 0 aliphatic rings. The van der Waals surface area contributed by atoms with E-state index in [9.17, 15) is 28.2 Å². The van der Waals surface area contributed by atoms with Crippen molar-refractivity contribution in [2.45, 2.75) is 6.92 Å². The van der Waals surface area contributed by atoms with Gasteiger partial charge in [0, 0.05) is 5.69 Å². The molecular formula is C17H14N2Na2O6S2. The number of carboxylic acids is 2. The molecule has 12 heteroatoms. The SMILES string of the molecule is CS(=O)(=O)Nc1cc(C(=O)[O-])cc(C(=O)[O-])c1.Cc1nc2ccccc2s1.[Na+].[Na+]. The molecule has 0 atom stereocenters. The molecule has 0 unspecified atom stereocenters. The Morgan fingerprint density at radius 2 is 1.52 bits per heavy atom. The Hall–Kier alpha value is -0.980. The van der Waals surface area contributed by atoms with Crippen molar-refractivity contribution in [1.29, 1.82) is 0 Å². The average Bonchev–Trinajstić information content (AvgIpc) is 2.93. The molecule has 0 bridgehead atoms. The number of hydrogen-bond acceptors (Lipinski definition) is 8. The molecule has 0 amide bonds. The van der Waals surface area contributed by atoms with E-state index in [1.165, 1.54) is 4.70 Å². The summed E-state index contributed by atoms with van der Waals surface area (Å²) < 4.78 is 25.1.